The molecule has 21 nitrogen and oxygen atoms in total. The van der Waals surface area contributed by atoms with E-state index in [1.54, 1.807) is 62.3 Å². The van der Waals surface area contributed by atoms with Gasteiger partial charge in [-0.05, 0) is 87.1 Å². The summed E-state index contributed by atoms with van der Waals surface area (Å²) in [5.41, 5.74) is 6.29. The van der Waals surface area contributed by atoms with Crippen molar-refractivity contribution in [3.63, 3.8) is 0 Å². The molecule has 0 aliphatic carbocycles. The van der Waals surface area contributed by atoms with Gasteiger partial charge in [-0.15, -0.1) is 0 Å². The summed E-state index contributed by atoms with van der Waals surface area (Å²) >= 11 is 0. The van der Waals surface area contributed by atoms with Gasteiger partial charge in [-0.25, -0.2) is 14.4 Å². The van der Waals surface area contributed by atoms with E-state index in [2.05, 4.69) is 41.9 Å². The SMILES string of the molecule is CC(C)(C)OC(=O)NCCCNC(=O)CCOCC(CN=[N+]=[N-])(COCCC(=O)NCCCNC(=O)OC(C)(C)C)COCCC(=O)NCCCNC(=O)OC(C)(C)C. The quantitative estimate of drug-likeness (QED) is 0.0207. The highest BCUT2D eigenvalue weighted by Crippen LogP contribution is 2.21. The Hall–Kier alpha value is -4.59. The van der Waals surface area contributed by atoms with Crippen molar-refractivity contribution in [1.82, 2.24) is 31.9 Å². The molecular weight excluding hydrogens is 774 g/mol. The first kappa shape index (κ1) is 54.4. The van der Waals surface area contributed by atoms with Gasteiger partial charge in [0.05, 0.1) is 39.6 Å². The number of carbonyl (C=O) groups excluding carboxylic acids is 6. The summed E-state index contributed by atoms with van der Waals surface area (Å²) in [5, 5.41) is 19.9. The Morgan fingerprint density at radius 1 is 0.475 bits per heavy atom. The number of hydrogen-bond donors (Lipinski definition) is 6. The molecule has 0 unspecified atom stereocenters. The number of azide groups is 1. The molecule has 340 valence electrons. The predicted octanol–water partition coefficient (Wildman–Crippen LogP) is 3.60. The molecule has 0 atom stereocenters. The molecule has 0 aromatic carbocycles. The second-order valence-electron chi connectivity index (χ2n) is 16.7. The van der Waals surface area contributed by atoms with Crippen LogP contribution in [-0.4, -0.2) is 138 Å². The van der Waals surface area contributed by atoms with E-state index in [0.717, 1.165) is 0 Å². The van der Waals surface area contributed by atoms with Gasteiger partial charge >= 0.3 is 18.3 Å². The molecule has 0 spiro atoms. The van der Waals surface area contributed by atoms with Crippen LogP contribution < -0.4 is 31.9 Å². The van der Waals surface area contributed by atoms with Crippen LogP contribution in [0.25, 0.3) is 10.4 Å². The van der Waals surface area contributed by atoms with E-state index in [9.17, 15) is 28.8 Å². The maximum absolute atomic E-state index is 12.4. The smallest absolute Gasteiger partial charge is 0.407 e. The molecule has 0 aromatic rings. The Kier molecular flexibility index (Phi) is 27.3. The van der Waals surface area contributed by atoms with E-state index in [0.29, 0.717) is 58.5 Å². The number of rotatable bonds is 29. The number of hydrogen-bond acceptors (Lipinski definition) is 13. The predicted molar refractivity (Wildman–Crippen MR) is 218 cm³/mol. The molecular formula is C38H71N9O12. The molecule has 21 heteroatoms. The largest absolute Gasteiger partial charge is 0.444 e. The van der Waals surface area contributed by atoms with Gasteiger partial charge in [0.2, 0.25) is 17.7 Å². The van der Waals surface area contributed by atoms with Gasteiger partial charge in [0.15, 0.2) is 0 Å². The highest BCUT2D eigenvalue weighted by molar-refractivity contribution is 5.76. The van der Waals surface area contributed by atoms with Gasteiger partial charge in [-0.2, -0.15) is 0 Å². The number of ether oxygens (including phenoxy) is 6. The molecule has 6 N–H and O–H groups in total. The average molecular weight is 846 g/mol. The lowest BCUT2D eigenvalue weighted by molar-refractivity contribution is -0.123. The molecule has 0 saturated carbocycles. The molecule has 0 saturated heterocycles. The normalized spacial score (nSPS) is 11.7. The van der Waals surface area contributed by atoms with Crippen molar-refractivity contribution >= 4 is 36.0 Å². The average Bonchev–Trinajstić information content (AvgIpc) is 3.10. The van der Waals surface area contributed by atoms with Gasteiger partial charge in [-0.3, -0.25) is 14.4 Å². The Morgan fingerprint density at radius 3 is 1.00 bits per heavy atom. The maximum atomic E-state index is 12.4. The lowest BCUT2D eigenvalue weighted by atomic mass is 9.91. The second-order valence-corrected chi connectivity index (χ2v) is 16.7. The minimum Gasteiger partial charge on any atom is -0.444 e. The van der Waals surface area contributed by atoms with Crippen molar-refractivity contribution in [2.45, 2.75) is 118 Å². The first-order chi connectivity index (χ1) is 27.5. The fourth-order valence-electron chi connectivity index (χ4n) is 4.53. The van der Waals surface area contributed by atoms with Crippen LogP contribution in [0.2, 0.25) is 0 Å². The van der Waals surface area contributed by atoms with Crippen molar-refractivity contribution in [1.29, 1.82) is 0 Å². The zero-order valence-electron chi connectivity index (χ0n) is 36.7. The van der Waals surface area contributed by atoms with Crippen LogP contribution in [0.3, 0.4) is 0 Å². The summed E-state index contributed by atoms with van der Waals surface area (Å²) in [6.45, 7) is 17.7. The molecule has 0 bridgehead atoms. The van der Waals surface area contributed by atoms with Gasteiger partial charge in [0.25, 0.3) is 0 Å². The van der Waals surface area contributed by atoms with Crippen LogP contribution in [0, 0.1) is 5.41 Å². The van der Waals surface area contributed by atoms with Gasteiger partial charge in [0, 0.05) is 75.4 Å². The summed E-state index contributed by atoms with van der Waals surface area (Å²) in [4.78, 5) is 75.4. The van der Waals surface area contributed by atoms with E-state index in [1.165, 1.54) is 0 Å². The molecule has 0 radical (unpaired) electrons. The van der Waals surface area contributed by atoms with E-state index >= 15 is 0 Å². The zero-order chi connectivity index (χ0) is 44.8. The third-order valence-electron chi connectivity index (χ3n) is 7.15. The fourth-order valence-corrected chi connectivity index (χ4v) is 4.53. The van der Waals surface area contributed by atoms with Crippen LogP contribution >= 0.6 is 0 Å². The molecule has 0 aromatic heterocycles. The number of carbonyl (C=O) groups is 6. The standard InChI is InChI=1S/C38H71N9O12/c1-35(2,3)57-32(51)43-19-10-16-40-29(48)13-22-54-26-38(25-46-47-39,27-55-23-14-30(49)41-17-11-20-44-33(52)58-36(4,5)6)28-56-24-15-31(50)42-18-12-21-45-34(53)59-37(7,8)9/h10-28H2,1-9H3,(H,40,48)(H,41,49)(H,42,50)(H,43,51)(H,44,52)(H,45,53). The van der Waals surface area contributed by atoms with Crippen molar-refractivity contribution in [3.05, 3.63) is 10.4 Å². The first-order valence-corrected chi connectivity index (χ1v) is 20.0. The van der Waals surface area contributed by atoms with E-state index in [1.807, 2.05) is 0 Å². The lowest BCUT2D eigenvalue weighted by Crippen LogP contribution is -2.41. The monoisotopic (exact) mass is 846 g/mol. The van der Waals surface area contributed by atoms with Crippen LogP contribution in [-0.2, 0) is 42.8 Å². The number of nitrogens with zero attached hydrogens (tertiary/aromatic N) is 3. The number of nitrogens with one attached hydrogen (secondary N) is 6. The van der Waals surface area contributed by atoms with Crippen LogP contribution in [0.15, 0.2) is 5.11 Å². The summed E-state index contributed by atoms with van der Waals surface area (Å²) in [6.07, 6.45) is -0.0656. The minimum atomic E-state index is -1.02. The van der Waals surface area contributed by atoms with E-state index in [4.69, 9.17) is 34.0 Å². The van der Waals surface area contributed by atoms with Gasteiger partial charge in [0.1, 0.15) is 16.8 Å². The second kappa shape index (κ2) is 29.6. The summed E-state index contributed by atoms with van der Waals surface area (Å²) in [7, 11) is 0. The Morgan fingerprint density at radius 2 is 0.746 bits per heavy atom. The molecule has 0 aliphatic rings. The summed E-state index contributed by atoms with van der Waals surface area (Å²) < 4.78 is 33.1. The van der Waals surface area contributed by atoms with Crippen molar-refractivity contribution < 1.29 is 57.2 Å². The Bertz CT molecular complexity index is 1180. The summed E-state index contributed by atoms with van der Waals surface area (Å²) in [5.74, 6) is -0.809. The molecule has 0 rings (SSSR count). The summed E-state index contributed by atoms with van der Waals surface area (Å²) in [6, 6.07) is 0. The topological polar surface area (TPSA) is 279 Å². The van der Waals surface area contributed by atoms with Gasteiger partial charge in [-0.1, -0.05) is 5.11 Å². The number of alkyl carbamates (subject to hydrolysis) is 3. The Balaban J connectivity index is 5.02. The fraction of sp³-hybridized carbons (Fsp3) is 0.842. The Labute approximate surface area is 348 Å². The van der Waals surface area contributed by atoms with E-state index < -0.39 is 40.5 Å². The van der Waals surface area contributed by atoms with Crippen molar-refractivity contribution in [3.8, 4) is 0 Å². The lowest BCUT2D eigenvalue weighted by Gasteiger charge is -2.31. The zero-order valence-corrected chi connectivity index (χ0v) is 36.7. The highest BCUT2D eigenvalue weighted by atomic mass is 16.6. The molecule has 59 heavy (non-hydrogen) atoms. The van der Waals surface area contributed by atoms with Crippen molar-refractivity contribution in [2.75, 3.05) is 85.5 Å². The van der Waals surface area contributed by atoms with E-state index in [-0.39, 0.29) is 83.2 Å². The molecule has 0 fully saturated rings. The van der Waals surface area contributed by atoms with Crippen LogP contribution in [0.4, 0.5) is 14.4 Å². The first-order valence-electron chi connectivity index (χ1n) is 20.0. The van der Waals surface area contributed by atoms with Crippen LogP contribution in [0.5, 0.6) is 0 Å². The van der Waals surface area contributed by atoms with Crippen LogP contribution in [0.1, 0.15) is 101 Å². The molecule has 6 amide bonds. The number of amides is 6. The van der Waals surface area contributed by atoms with Gasteiger partial charge < -0.3 is 60.3 Å². The third kappa shape index (κ3) is 35.1. The molecule has 0 aliphatic heterocycles. The third-order valence-corrected chi connectivity index (χ3v) is 7.15. The van der Waals surface area contributed by atoms with Crippen molar-refractivity contribution in [2.24, 2.45) is 10.5 Å². The highest BCUT2D eigenvalue weighted by Gasteiger charge is 2.32. The minimum absolute atomic E-state index is 0.0242. The maximum Gasteiger partial charge on any atom is 0.407 e. The molecule has 0 heterocycles.